The molecule has 3 aliphatic rings. The zero-order valence-electron chi connectivity index (χ0n) is 23.0. The fourth-order valence-corrected chi connectivity index (χ4v) is 5.17. The molecule has 1 N–H and O–H groups in total. The molecule has 0 spiro atoms. The van der Waals surface area contributed by atoms with Gasteiger partial charge < -0.3 is 33.7 Å². The first-order valence-electron chi connectivity index (χ1n) is 13.9. The minimum atomic E-state index is -0.811. The van der Waals surface area contributed by atoms with E-state index >= 15 is 0 Å². The number of ketones is 1. The van der Waals surface area contributed by atoms with E-state index in [2.05, 4.69) is 4.90 Å². The number of rotatable bonds is 10. The van der Waals surface area contributed by atoms with Gasteiger partial charge >= 0.3 is 0 Å². The number of morpholine rings is 1. The molecule has 2 fully saturated rings. The van der Waals surface area contributed by atoms with Gasteiger partial charge in [-0.1, -0.05) is 13.0 Å². The van der Waals surface area contributed by atoms with Gasteiger partial charge in [0.25, 0.3) is 11.7 Å². The quantitative estimate of drug-likeness (QED) is 0.270. The highest BCUT2D eigenvalue weighted by molar-refractivity contribution is 6.46. The lowest BCUT2D eigenvalue weighted by molar-refractivity contribution is -0.140. The summed E-state index contributed by atoms with van der Waals surface area (Å²) in [4.78, 5) is 30.7. The second kappa shape index (κ2) is 12.6. The van der Waals surface area contributed by atoms with Crippen molar-refractivity contribution < 1.29 is 38.4 Å². The molecule has 40 heavy (non-hydrogen) atoms. The van der Waals surface area contributed by atoms with E-state index in [9.17, 15) is 14.7 Å². The van der Waals surface area contributed by atoms with E-state index < -0.39 is 17.7 Å². The lowest BCUT2D eigenvalue weighted by atomic mass is 9.94. The molecule has 10 heteroatoms. The van der Waals surface area contributed by atoms with E-state index in [1.165, 1.54) is 0 Å². The smallest absolute Gasteiger partial charge is 0.295 e. The molecule has 0 bridgehead atoms. The molecule has 10 nitrogen and oxygen atoms in total. The molecule has 1 amide bonds. The van der Waals surface area contributed by atoms with Gasteiger partial charge in [0.15, 0.2) is 23.0 Å². The second-order valence-electron chi connectivity index (χ2n) is 9.79. The van der Waals surface area contributed by atoms with Crippen molar-refractivity contribution in [2.24, 2.45) is 0 Å². The van der Waals surface area contributed by atoms with Crippen LogP contribution in [0.25, 0.3) is 5.76 Å². The predicted molar refractivity (Wildman–Crippen MR) is 147 cm³/mol. The lowest BCUT2D eigenvalue weighted by Gasteiger charge is -2.31. The number of aliphatic hydroxyl groups is 1. The second-order valence-corrected chi connectivity index (χ2v) is 9.79. The number of hydrogen-bond acceptors (Lipinski definition) is 9. The van der Waals surface area contributed by atoms with Crippen molar-refractivity contribution in [1.29, 1.82) is 0 Å². The number of carbonyl (C=O) groups excluding carboxylic acids is 2. The Morgan fingerprint density at radius 2 is 1.70 bits per heavy atom. The van der Waals surface area contributed by atoms with Crippen LogP contribution in [-0.4, -0.2) is 92.4 Å². The molecule has 5 rings (SSSR count). The van der Waals surface area contributed by atoms with Crippen LogP contribution >= 0.6 is 0 Å². The average molecular weight is 553 g/mol. The van der Waals surface area contributed by atoms with Gasteiger partial charge in [-0.3, -0.25) is 14.5 Å². The third-order valence-electron chi connectivity index (χ3n) is 7.16. The van der Waals surface area contributed by atoms with Crippen molar-refractivity contribution in [2.75, 3.05) is 65.8 Å². The van der Waals surface area contributed by atoms with E-state index in [1.807, 2.05) is 19.9 Å². The summed E-state index contributed by atoms with van der Waals surface area (Å²) in [5, 5.41) is 11.5. The van der Waals surface area contributed by atoms with E-state index in [1.54, 1.807) is 35.2 Å². The number of Topliss-reactive ketones (excluding diaryl/α,β-unsaturated/α-hetero) is 1. The van der Waals surface area contributed by atoms with Crippen molar-refractivity contribution in [1.82, 2.24) is 9.80 Å². The van der Waals surface area contributed by atoms with Crippen LogP contribution in [0.1, 0.15) is 37.4 Å². The van der Waals surface area contributed by atoms with Crippen molar-refractivity contribution >= 4 is 17.4 Å². The number of benzene rings is 2. The fraction of sp³-hybridized carbons (Fsp3) is 0.467. The van der Waals surface area contributed by atoms with Gasteiger partial charge in [-0.2, -0.15) is 0 Å². The summed E-state index contributed by atoms with van der Waals surface area (Å²) in [6.45, 7) is 9.32. The standard InChI is InChI=1S/C30H36N2O8/c1-3-13-38-22-7-5-20(18-24(22)37-4-2)27-26(28(33)21-6-8-23-25(19-21)40-17-16-39-23)29(34)30(35)32(27)10-9-31-11-14-36-15-12-31/h5-8,18-19,27,33H,3-4,9-17H2,1-2H3/b28-26+. The Morgan fingerprint density at radius 3 is 2.45 bits per heavy atom. The molecule has 2 aromatic carbocycles. The molecule has 3 heterocycles. The summed E-state index contributed by atoms with van der Waals surface area (Å²) in [6.07, 6.45) is 0.838. The van der Waals surface area contributed by atoms with Crippen molar-refractivity contribution in [3.05, 3.63) is 53.1 Å². The highest BCUT2D eigenvalue weighted by atomic mass is 16.6. The van der Waals surface area contributed by atoms with E-state index in [4.69, 9.17) is 23.7 Å². The first-order chi connectivity index (χ1) is 19.5. The number of amides is 1. The molecule has 0 saturated carbocycles. The Labute approximate surface area is 234 Å². The van der Waals surface area contributed by atoms with Gasteiger partial charge in [-0.15, -0.1) is 0 Å². The summed E-state index contributed by atoms with van der Waals surface area (Å²) in [5.74, 6) is 0.499. The number of fused-ring (bicyclic) bond motifs is 1. The summed E-state index contributed by atoms with van der Waals surface area (Å²) in [7, 11) is 0. The summed E-state index contributed by atoms with van der Waals surface area (Å²) < 4.78 is 28.5. The highest BCUT2D eigenvalue weighted by Crippen LogP contribution is 2.43. The SMILES string of the molecule is CCCOc1ccc(C2/C(=C(\O)c3ccc4c(c3)OCCO4)C(=O)C(=O)N2CCN2CCOCC2)cc1OCC. The molecule has 1 unspecified atom stereocenters. The van der Waals surface area contributed by atoms with Crippen molar-refractivity contribution in [3.63, 3.8) is 0 Å². The average Bonchev–Trinajstić information content (AvgIpc) is 3.24. The van der Waals surface area contributed by atoms with Gasteiger partial charge in [0.05, 0.1) is 38.0 Å². The molecule has 2 aromatic rings. The van der Waals surface area contributed by atoms with Crippen LogP contribution in [0, 0.1) is 0 Å². The Kier molecular flexibility index (Phi) is 8.76. The van der Waals surface area contributed by atoms with Crippen molar-refractivity contribution in [3.8, 4) is 23.0 Å². The normalized spacial score (nSPS) is 20.6. The minimum absolute atomic E-state index is 0.0216. The maximum absolute atomic E-state index is 13.5. The Bertz CT molecular complexity index is 1270. The summed E-state index contributed by atoms with van der Waals surface area (Å²) in [6, 6.07) is 9.59. The molecule has 0 radical (unpaired) electrons. The van der Waals surface area contributed by atoms with Crippen LogP contribution < -0.4 is 18.9 Å². The third-order valence-corrected chi connectivity index (χ3v) is 7.16. The van der Waals surface area contributed by atoms with Gasteiger partial charge in [0.2, 0.25) is 0 Å². The maximum atomic E-state index is 13.5. The number of aliphatic hydroxyl groups excluding tert-OH is 1. The molecule has 1 atom stereocenters. The first kappa shape index (κ1) is 27.8. The highest BCUT2D eigenvalue weighted by Gasteiger charge is 2.46. The van der Waals surface area contributed by atoms with Gasteiger partial charge in [0.1, 0.15) is 19.0 Å². The minimum Gasteiger partial charge on any atom is -0.507 e. The summed E-state index contributed by atoms with van der Waals surface area (Å²) >= 11 is 0. The Morgan fingerprint density at radius 1 is 0.925 bits per heavy atom. The monoisotopic (exact) mass is 552 g/mol. The number of ether oxygens (including phenoxy) is 5. The Hall–Kier alpha value is -3.76. The number of carbonyl (C=O) groups is 2. The van der Waals surface area contributed by atoms with Crippen LogP contribution in [0.5, 0.6) is 23.0 Å². The van der Waals surface area contributed by atoms with Crippen molar-refractivity contribution in [2.45, 2.75) is 26.3 Å². The molecule has 0 aliphatic carbocycles. The van der Waals surface area contributed by atoms with Crippen LogP contribution in [-0.2, 0) is 14.3 Å². The molecular weight excluding hydrogens is 516 g/mol. The van der Waals surface area contributed by atoms with Crippen LogP contribution in [0.4, 0.5) is 0 Å². The topological polar surface area (TPSA) is 107 Å². The lowest BCUT2D eigenvalue weighted by Crippen LogP contribution is -2.42. The van der Waals surface area contributed by atoms with Crippen LogP contribution in [0.15, 0.2) is 42.0 Å². The maximum Gasteiger partial charge on any atom is 0.295 e. The molecular formula is C30H36N2O8. The summed E-state index contributed by atoms with van der Waals surface area (Å²) in [5.41, 5.74) is 1.04. The number of hydrogen-bond donors (Lipinski definition) is 1. The largest absolute Gasteiger partial charge is 0.507 e. The molecule has 2 saturated heterocycles. The zero-order valence-corrected chi connectivity index (χ0v) is 23.0. The molecule has 214 valence electrons. The van der Waals surface area contributed by atoms with Gasteiger partial charge in [-0.25, -0.2) is 0 Å². The first-order valence-corrected chi connectivity index (χ1v) is 13.9. The number of likely N-dealkylation sites (tertiary alicyclic amines) is 1. The van der Waals surface area contributed by atoms with Gasteiger partial charge in [0, 0.05) is 31.7 Å². The van der Waals surface area contributed by atoms with Gasteiger partial charge in [-0.05, 0) is 49.2 Å². The van der Waals surface area contributed by atoms with E-state index in [0.717, 1.165) is 19.5 Å². The number of nitrogens with zero attached hydrogens (tertiary/aromatic N) is 2. The molecule has 0 aromatic heterocycles. The predicted octanol–water partition coefficient (Wildman–Crippen LogP) is 3.40. The van der Waals surface area contributed by atoms with E-state index in [0.29, 0.717) is 86.9 Å². The zero-order chi connectivity index (χ0) is 28.1. The van der Waals surface area contributed by atoms with Crippen LogP contribution in [0.2, 0.25) is 0 Å². The van der Waals surface area contributed by atoms with E-state index in [-0.39, 0.29) is 11.3 Å². The molecule has 3 aliphatic heterocycles. The van der Waals surface area contributed by atoms with Crippen LogP contribution in [0.3, 0.4) is 0 Å². The fourth-order valence-electron chi connectivity index (χ4n) is 5.17. The third kappa shape index (κ3) is 5.73. The Balaban J connectivity index is 1.56.